The van der Waals surface area contributed by atoms with Gasteiger partial charge < -0.3 is 10.3 Å². The number of anilines is 1. The summed E-state index contributed by atoms with van der Waals surface area (Å²) < 4.78 is 0. The van der Waals surface area contributed by atoms with Crippen molar-refractivity contribution in [3.63, 3.8) is 0 Å². The van der Waals surface area contributed by atoms with Crippen molar-refractivity contribution in [3.05, 3.63) is 51.9 Å². The molecule has 0 fully saturated rings. The van der Waals surface area contributed by atoms with E-state index in [-0.39, 0.29) is 17.2 Å². The summed E-state index contributed by atoms with van der Waals surface area (Å²) in [6.07, 6.45) is 2.69. The molecular weight excluding hydrogens is 334 g/mol. The molecule has 0 aliphatic rings. The zero-order chi connectivity index (χ0) is 18.2. The summed E-state index contributed by atoms with van der Waals surface area (Å²) in [7, 11) is 0. The molecule has 2 rings (SSSR count). The average molecular weight is 359 g/mol. The van der Waals surface area contributed by atoms with E-state index in [0.29, 0.717) is 11.1 Å². The maximum atomic E-state index is 12.3. The Balaban J connectivity index is 2.01. The summed E-state index contributed by atoms with van der Waals surface area (Å²) in [5.74, 6) is 0.477. The third kappa shape index (κ3) is 5.74. The molecule has 0 aliphatic heterocycles. The van der Waals surface area contributed by atoms with Crippen LogP contribution in [0.15, 0.2) is 40.3 Å². The van der Waals surface area contributed by atoms with Crippen LogP contribution in [0.25, 0.3) is 0 Å². The lowest BCUT2D eigenvalue weighted by atomic mass is 9.97. The Labute approximate surface area is 152 Å². The number of aromatic amines is 1. The lowest BCUT2D eigenvalue weighted by Gasteiger charge is -2.15. The molecule has 2 aromatic rings. The van der Waals surface area contributed by atoms with Crippen LogP contribution in [0.4, 0.5) is 5.69 Å². The minimum absolute atomic E-state index is 0.107. The number of carbonyl (C=O) groups excluding carboxylic acids is 1. The van der Waals surface area contributed by atoms with E-state index in [0.717, 1.165) is 36.2 Å². The molecule has 0 unspecified atom stereocenters. The van der Waals surface area contributed by atoms with Crippen molar-refractivity contribution in [2.24, 2.45) is 0 Å². The Morgan fingerprint density at radius 3 is 2.80 bits per heavy atom. The number of amides is 1. The number of benzene rings is 1. The fraction of sp³-hybridized carbons (Fsp3) is 0.421. The number of rotatable bonds is 8. The third-order valence-corrected chi connectivity index (χ3v) is 4.87. The zero-order valence-corrected chi connectivity index (χ0v) is 15.8. The van der Waals surface area contributed by atoms with Gasteiger partial charge in [-0.2, -0.15) is 0 Å². The number of hydrogen-bond donors (Lipinski definition) is 2. The molecule has 0 aliphatic carbocycles. The van der Waals surface area contributed by atoms with Crippen molar-refractivity contribution in [2.45, 2.75) is 51.1 Å². The molecule has 1 heterocycles. The number of nitrogens with one attached hydrogen (secondary N) is 2. The minimum atomic E-state index is -0.177. The molecule has 1 aromatic carbocycles. The van der Waals surface area contributed by atoms with E-state index in [2.05, 4.69) is 29.1 Å². The molecule has 1 amide bonds. The first-order valence-electron chi connectivity index (χ1n) is 8.65. The highest BCUT2D eigenvalue weighted by molar-refractivity contribution is 7.99. The van der Waals surface area contributed by atoms with Crippen molar-refractivity contribution < 1.29 is 4.79 Å². The first-order chi connectivity index (χ1) is 12.0. The number of aromatic nitrogens is 2. The maximum absolute atomic E-state index is 12.3. The average Bonchev–Trinajstić information content (AvgIpc) is 2.59. The Kier molecular flexibility index (Phi) is 7.25. The minimum Gasteiger partial charge on any atom is -0.325 e. The van der Waals surface area contributed by atoms with Crippen LogP contribution < -0.4 is 10.9 Å². The normalized spacial score (nSPS) is 12.0. The van der Waals surface area contributed by atoms with Crippen LogP contribution in [0.2, 0.25) is 0 Å². The number of hydrogen-bond acceptors (Lipinski definition) is 4. The van der Waals surface area contributed by atoms with Crippen LogP contribution in [0, 0.1) is 0 Å². The predicted molar refractivity (Wildman–Crippen MR) is 103 cm³/mol. The smallest absolute Gasteiger partial charge is 0.251 e. The van der Waals surface area contributed by atoms with Crippen LogP contribution in [-0.2, 0) is 11.2 Å². The highest BCUT2D eigenvalue weighted by atomic mass is 32.2. The fourth-order valence-corrected chi connectivity index (χ4v) is 3.21. The summed E-state index contributed by atoms with van der Waals surface area (Å²) in [5.41, 5.74) is 2.57. The quantitative estimate of drug-likeness (QED) is 0.552. The Bertz CT molecular complexity index is 773. The van der Waals surface area contributed by atoms with Crippen LogP contribution in [0.1, 0.15) is 50.8 Å². The molecule has 6 heteroatoms. The van der Waals surface area contributed by atoms with E-state index in [4.69, 9.17) is 0 Å². The van der Waals surface area contributed by atoms with E-state index >= 15 is 0 Å². The summed E-state index contributed by atoms with van der Waals surface area (Å²) in [6.45, 7) is 6.32. The standard InChI is InChI=1S/C19H25N3O2S/c1-4-8-14-11-17(23)22-19(20-14)25-12-18(24)21-16-10-7-6-9-15(16)13(3)5-2/h6-7,9-11,13H,4-5,8,12H2,1-3H3,(H,21,24)(H,20,22,23)/t13-/m0/s1. The van der Waals surface area contributed by atoms with E-state index < -0.39 is 0 Å². The first kappa shape index (κ1) is 19.2. The lowest BCUT2D eigenvalue weighted by Crippen LogP contribution is -2.17. The summed E-state index contributed by atoms with van der Waals surface area (Å²) in [5, 5.41) is 3.46. The molecule has 1 aromatic heterocycles. The molecule has 0 saturated carbocycles. The molecular formula is C19H25N3O2S. The predicted octanol–water partition coefficient (Wildman–Crippen LogP) is 3.97. The van der Waals surface area contributed by atoms with E-state index in [1.807, 2.05) is 31.2 Å². The number of thioether (sulfide) groups is 1. The Hall–Kier alpha value is -2.08. The SMILES string of the molecule is CCCc1cc(=O)[nH]c(SCC(=O)Nc2ccccc2[C@@H](C)CC)n1. The van der Waals surface area contributed by atoms with Gasteiger partial charge in [0.2, 0.25) is 5.91 Å². The number of aryl methyl sites for hydroxylation is 1. The van der Waals surface area contributed by atoms with Gasteiger partial charge in [-0.05, 0) is 30.4 Å². The molecule has 25 heavy (non-hydrogen) atoms. The molecule has 0 spiro atoms. The van der Waals surface area contributed by atoms with Gasteiger partial charge >= 0.3 is 0 Å². The van der Waals surface area contributed by atoms with E-state index in [9.17, 15) is 9.59 Å². The summed E-state index contributed by atoms with van der Waals surface area (Å²) in [4.78, 5) is 31.0. The summed E-state index contributed by atoms with van der Waals surface area (Å²) >= 11 is 1.24. The molecule has 0 radical (unpaired) electrons. The second kappa shape index (κ2) is 9.42. The zero-order valence-electron chi connectivity index (χ0n) is 15.0. The van der Waals surface area contributed by atoms with Crippen LogP contribution in [-0.4, -0.2) is 21.6 Å². The maximum Gasteiger partial charge on any atom is 0.251 e. The molecule has 5 nitrogen and oxygen atoms in total. The lowest BCUT2D eigenvalue weighted by molar-refractivity contribution is -0.113. The topological polar surface area (TPSA) is 74.8 Å². The number of nitrogens with zero attached hydrogens (tertiary/aromatic N) is 1. The molecule has 0 bridgehead atoms. The number of para-hydroxylation sites is 1. The number of carbonyl (C=O) groups is 1. The van der Waals surface area contributed by atoms with Crippen LogP contribution in [0.3, 0.4) is 0 Å². The van der Waals surface area contributed by atoms with E-state index in [1.54, 1.807) is 0 Å². The number of H-pyrrole nitrogens is 1. The van der Waals surface area contributed by atoms with Crippen molar-refractivity contribution in [1.82, 2.24) is 9.97 Å². The van der Waals surface area contributed by atoms with Gasteiger partial charge in [0, 0.05) is 17.4 Å². The summed E-state index contributed by atoms with van der Waals surface area (Å²) in [6, 6.07) is 9.38. The van der Waals surface area contributed by atoms with Gasteiger partial charge in [0.15, 0.2) is 5.16 Å². The highest BCUT2D eigenvalue weighted by Crippen LogP contribution is 2.26. The van der Waals surface area contributed by atoms with Crippen LogP contribution >= 0.6 is 11.8 Å². The largest absolute Gasteiger partial charge is 0.325 e. The monoisotopic (exact) mass is 359 g/mol. The van der Waals surface area contributed by atoms with Crippen molar-refractivity contribution >= 4 is 23.4 Å². The van der Waals surface area contributed by atoms with Gasteiger partial charge in [-0.25, -0.2) is 4.98 Å². The second-order valence-electron chi connectivity index (χ2n) is 6.03. The van der Waals surface area contributed by atoms with Gasteiger partial charge in [0.05, 0.1) is 5.75 Å². The van der Waals surface area contributed by atoms with Crippen LogP contribution in [0.5, 0.6) is 0 Å². The van der Waals surface area contributed by atoms with Gasteiger partial charge in [0.1, 0.15) is 0 Å². The fourth-order valence-electron chi connectivity index (χ4n) is 2.52. The third-order valence-electron chi connectivity index (χ3n) is 4.00. The van der Waals surface area contributed by atoms with Crippen molar-refractivity contribution in [3.8, 4) is 0 Å². The molecule has 0 saturated heterocycles. The highest BCUT2D eigenvalue weighted by Gasteiger charge is 2.12. The van der Waals surface area contributed by atoms with E-state index in [1.165, 1.54) is 17.8 Å². The van der Waals surface area contributed by atoms with Gasteiger partial charge in [-0.3, -0.25) is 9.59 Å². The molecule has 2 N–H and O–H groups in total. The first-order valence-corrected chi connectivity index (χ1v) is 9.63. The van der Waals surface area contributed by atoms with Gasteiger partial charge in [-0.15, -0.1) is 0 Å². The van der Waals surface area contributed by atoms with Gasteiger partial charge in [0.25, 0.3) is 5.56 Å². The van der Waals surface area contributed by atoms with Crippen molar-refractivity contribution in [1.29, 1.82) is 0 Å². The Morgan fingerprint density at radius 2 is 2.08 bits per heavy atom. The van der Waals surface area contributed by atoms with Gasteiger partial charge in [-0.1, -0.05) is 57.2 Å². The van der Waals surface area contributed by atoms with Crippen molar-refractivity contribution in [2.75, 3.05) is 11.1 Å². The second-order valence-corrected chi connectivity index (χ2v) is 6.99. The molecule has 1 atom stereocenters. The molecule has 134 valence electrons. The Morgan fingerprint density at radius 1 is 1.32 bits per heavy atom.